The summed E-state index contributed by atoms with van der Waals surface area (Å²) in [6, 6.07) is 10.9. The van der Waals surface area contributed by atoms with Crippen LogP contribution in [0.25, 0.3) is 0 Å². The molecule has 1 aromatic rings. The minimum atomic E-state index is 0.309. The Morgan fingerprint density at radius 2 is 1.85 bits per heavy atom. The van der Waals surface area contributed by atoms with Crippen molar-refractivity contribution in [3.05, 3.63) is 35.9 Å². The van der Waals surface area contributed by atoms with Crippen molar-refractivity contribution in [1.82, 2.24) is 9.80 Å². The van der Waals surface area contributed by atoms with Crippen molar-refractivity contribution in [2.75, 3.05) is 19.6 Å². The predicted octanol–water partition coefficient (Wildman–Crippen LogP) is 2.91. The average Bonchev–Trinajstić information content (AvgIpc) is 2.66. The number of carbonyl (C=O) groups excluding carboxylic acids is 1. The number of rotatable bonds is 5. The van der Waals surface area contributed by atoms with E-state index in [1.807, 2.05) is 23.1 Å². The zero-order chi connectivity index (χ0) is 14.4. The van der Waals surface area contributed by atoms with Crippen molar-refractivity contribution >= 4 is 5.91 Å². The molecule has 0 saturated carbocycles. The molecule has 1 saturated heterocycles. The lowest BCUT2D eigenvalue weighted by Crippen LogP contribution is -2.36. The summed E-state index contributed by atoms with van der Waals surface area (Å²) in [6.07, 6.45) is 2.79. The van der Waals surface area contributed by atoms with Crippen LogP contribution in [0.1, 0.15) is 38.7 Å². The highest BCUT2D eigenvalue weighted by molar-refractivity contribution is 5.76. The van der Waals surface area contributed by atoms with Crippen molar-refractivity contribution < 1.29 is 4.79 Å². The molecular formula is C17H26N2O. The lowest BCUT2D eigenvalue weighted by Gasteiger charge is -2.28. The molecule has 2 rings (SSSR count). The Kier molecular flexibility index (Phi) is 5.60. The van der Waals surface area contributed by atoms with E-state index in [0.29, 0.717) is 18.4 Å². The Bertz CT molecular complexity index is 414. The number of hydrogen-bond acceptors (Lipinski definition) is 2. The lowest BCUT2D eigenvalue weighted by atomic mass is 10.1. The molecule has 0 aromatic heterocycles. The number of amides is 1. The second kappa shape index (κ2) is 7.44. The fraction of sp³-hybridized carbons (Fsp3) is 0.588. The Morgan fingerprint density at radius 1 is 1.15 bits per heavy atom. The highest BCUT2D eigenvalue weighted by Gasteiger charge is 2.25. The van der Waals surface area contributed by atoms with E-state index in [0.717, 1.165) is 39.0 Å². The van der Waals surface area contributed by atoms with E-state index in [2.05, 4.69) is 30.9 Å². The molecule has 1 aliphatic rings. The number of carbonyl (C=O) groups is 1. The third kappa shape index (κ3) is 3.83. The van der Waals surface area contributed by atoms with Crippen molar-refractivity contribution in [3.8, 4) is 0 Å². The minimum absolute atomic E-state index is 0.309. The first-order valence-electron chi connectivity index (χ1n) is 7.80. The summed E-state index contributed by atoms with van der Waals surface area (Å²) in [5, 5.41) is 0. The van der Waals surface area contributed by atoms with Crippen molar-refractivity contribution in [2.45, 2.75) is 45.7 Å². The average molecular weight is 274 g/mol. The van der Waals surface area contributed by atoms with Gasteiger partial charge in [0.1, 0.15) is 0 Å². The van der Waals surface area contributed by atoms with E-state index in [1.165, 1.54) is 5.56 Å². The van der Waals surface area contributed by atoms with Crippen LogP contribution >= 0.6 is 0 Å². The summed E-state index contributed by atoms with van der Waals surface area (Å²) >= 11 is 0. The van der Waals surface area contributed by atoms with Crippen LogP contribution in [-0.4, -0.2) is 41.4 Å². The second-order valence-corrected chi connectivity index (χ2v) is 5.50. The molecule has 0 bridgehead atoms. The maximum absolute atomic E-state index is 12.3. The molecule has 0 spiro atoms. The molecule has 20 heavy (non-hydrogen) atoms. The third-order valence-corrected chi connectivity index (χ3v) is 4.32. The Morgan fingerprint density at radius 3 is 2.50 bits per heavy atom. The zero-order valence-electron chi connectivity index (χ0n) is 12.7. The molecule has 0 aliphatic carbocycles. The molecule has 1 amide bonds. The van der Waals surface area contributed by atoms with Crippen LogP contribution in [0.15, 0.2) is 30.3 Å². The molecule has 3 heteroatoms. The van der Waals surface area contributed by atoms with Crippen LogP contribution in [0.5, 0.6) is 0 Å². The molecular weight excluding hydrogens is 248 g/mol. The monoisotopic (exact) mass is 274 g/mol. The predicted molar refractivity (Wildman–Crippen MR) is 82.4 cm³/mol. The van der Waals surface area contributed by atoms with E-state index in [4.69, 9.17) is 0 Å². The van der Waals surface area contributed by atoms with Gasteiger partial charge in [0, 0.05) is 25.6 Å². The fourth-order valence-electron chi connectivity index (χ4n) is 3.10. The first kappa shape index (κ1) is 15.0. The zero-order valence-corrected chi connectivity index (χ0v) is 12.7. The summed E-state index contributed by atoms with van der Waals surface area (Å²) < 4.78 is 0. The maximum atomic E-state index is 12.3. The molecule has 1 fully saturated rings. The normalized spacial score (nSPS) is 20.2. The quantitative estimate of drug-likeness (QED) is 0.824. The first-order chi connectivity index (χ1) is 9.74. The van der Waals surface area contributed by atoms with Crippen LogP contribution in [0.3, 0.4) is 0 Å². The summed E-state index contributed by atoms with van der Waals surface area (Å²) in [5.74, 6) is 0.309. The second-order valence-electron chi connectivity index (χ2n) is 5.50. The summed E-state index contributed by atoms with van der Waals surface area (Å²) in [5.41, 5.74) is 1.22. The van der Waals surface area contributed by atoms with Gasteiger partial charge in [0.25, 0.3) is 0 Å². The third-order valence-electron chi connectivity index (χ3n) is 4.32. The van der Waals surface area contributed by atoms with E-state index in [1.54, 1.807) is 0 Å². The number of hydrogen-bond donors (Lipinski definition) is 0. The molecule has 1 unspecified atom stereocenters. The first-order valence-corrected chi connectivity index (χ1v) is 7.80. The molecule has 1 heterocycles. The van der Waals surface area contributed by atoms with Crippen molar-refractivity contribution in [3.63, 3.8) is 0 Å². The SMILES string of the molecule is CCN(CC)C1CCC(=O)N(Cc2ccccc2)CC1. The molecule has 1 aromatic carbocycles. The number of benzene rings is 1. The Labute approximate surface area is 122 Å². The molecule has 3 nitrogen and oxygen atoms in total. The topological polar surface area (TPSA) is 23.6 Å². The summed E-state index contributed by atoms with van der Waals surface area (Å²) in [7, 11) is 0. The van der Waals surface area contributed by atoms with Crippen molar-refractivity contribution in [2.24, 2.45) is 0 Å². The van der Waals surface area contributed by atoms with E-state index in [-0.39, 0.29) is 0 Å². The minimum Gasteiger partial charge on any atom is -0.338 e. The van der Waals surface area contributed by atoms with Gasteiger partial charge in [-0.25, -0.2) is 0 Å². The molecule has 0 radical (unpaired) electrons. The van der Waals surface area contributed by atoms with Gasteiger partial charge in [-0.1, -0.05) is 44.2 Å². The summed E-state index contributed by atoms with van der Waals surface area (Å²) in [4.78, 5) is 16.8. The van der Waals surface area contributed by atoms with E-state index in [9.17, 15) is 4.79 Å². The largest absolute Gasteiger partial charge is 0.338 e. The van der Waals surface area contributed by atoms with E-state index < -0.39 is 0 Å². The van der Waals surface area contributed by atoms with Crippen LogP contribution < -0.4 is 0 Å². The maximum Gasteiger partial charge on any atom is 0.222 e. The van der Waals surface area contributed by atoms with Gasteiger partial charge in [-0.15, -0.1) is 0 Å². The smallest absolute Gasteiger partial charge is 0.222 e. The standard InChI is InChI=1S/C17H26N2O/c1-3-18(4-2)16-10-11-17(20)19(13-12-16)14-15-8-6-5-7-9-15/h5-9,16H,3-4,10-14H2,1-2H3. The Hall–Kier alpha value is -1.35. The van der Waals surface area contributed by atoms with Gasteiger partial charge in [-0.05, 0) is 31.5 Å². The van der Waals surface area contributed by atoms with Gasteiger partial charge in [0.15, 0.2) is 0 Å². The lowest BCUT2D eigenvalue weighted by molar-refractivity contribution is -0.131. The van der Waals surface area contributed by atoms with E-state index >= 15 is 0 Å². The fourth-order valence-corrected chi connectivity index (χ4v) is 3.10. The van der Waals surface area contributed by atoms with Gasteiger partial charge < -0.3 is 9.80 Å². The molecule has 1 aliphatic heterocycles. The molecule has 110 valence electrons. The van der Waals surface area contributed by atoms with Crippen LogP contribution in [0.2, 0.25) is 0 Å². The summed E-state index contributed by atoms with van der Waals surface area (Å²) in [6.45, 7) is 8.21. The van der Waals surface area contributed by atoms with Crippen LogP contribution in [0.4, 0.5) is 0 Å². The highest BCUT2D eigenvalue weighted by atomic mass is 16.2. The van der Waals surface area contributed by atoms with Gasteiger partial charge in [0.2, 0.25) is 5.91 Å². The number of likely N-dealkylation sites (tertiary alicyclic amines) is 1. The van der Waals surface area contributed by atoms with Gasteiger partial charge >= 0.3 is 0 Å². The van der Waals surface area contributed by atoms with Crippen LogP contribution in [0, 0.1) is 0 Å². The van der Waals surface area contributed by atoms with Crippen LogP contribution in [-0.2, 0) is 11.3 Å². The Balaban J connectivity index is 1.97. The van der Waals surface area contributed by atoms with Gasteiger partial charge in [-0.2, -0.15) is 0 Å². The molecule has 0 N–H and O–H groups in total. The molecule has 1 atom stereocenters. The van der Waals surface area contributed by atoms with Gasteiger partial charge in [0.05, 0.1) is 0 Å². The van der Waals surface area contributed by atoms with Gasteiger partial charge in [-0.3, -0.25) is 4.79 Å². The van der Waals surface area contributed by atoms with Crippen molar-refractivity contribution in [1.29, 1.82) is 0 Å². The number of nitrogens with zero attached hydrogens (tertiary/aromatic N) is 2. The highest BCUT2D eigenvalue weighted by Crippen LogP contribution is 2.19.